The van der Waals surface area contributed by atoms with Gasteiger partial charge in [-0.05, 0) is 42.3 Å². The Bertz CT molecular complexity index is 1200. The second-order valence-electron chi connectivity index (χ2n) is 7.19. The summed E-state index contributed by atoms with van der Waals surface area (Å²) >= 11 is 0. The van der Waals surface area contributed by atoms with Crippen LogP contribution in [0.25, 0.3) is 5.57 Å². The fourth-order valence-electron chi connectivity index (χ4n) is 3.48. The van der Waals surface area contributed by atoms with Gasteiger partial charge in [0.1, 0.15) is 11.7 Å². The van der Waals surface area contributed by atoms with Crippen molar-refractivity contribution in [1.82, 2.24) is 4.31 Å². The maximum absolute atomic E-state index is 13.7. The maximum atomic E-state index is 13.7. The van der Waals surface area contributed by atoms with Gasteiger partial charge >= 0.3 is 0 Å². The molecule has 0 radical (unpaired) electrons. The molecule has 4 nitrogen and oxygen atoms in total. The molecule has 1 aliphatic heterocycles. The van der Waals surface area contributed by atoms with E-state index >= 15 is 0 Å². The molecule has 1 unspecified atom stereocenters. The van der Waals surface area contributed by atoms with Crippen molar-refractivity contribution >= 4 is 21.4 Å². The van der Waals surface area contributed by atoms with Crippen molar-refractivity contribution in [3.05, 3.63) is 108 Å². The van der Waals surface area contributed by atoms with E-state index < -0.39 is 16.1 Å². The third-order valence-electron chi connectivity index (χ3n) is 5.13. The van der Waals surface area contributed by atoms with Gasteiger partial charge in [-0.3, -0.25) is 4.99 Å². The molecule has 152 valence electrons. The zero-order valence-electron chi connectivity index (χ0n) is 16.5. The number of hydrogen-bond acceptors (Lipinski definition) is 3. The van der Waals surface area contributed by atoms with Crippen LogP contribution < -0.4 is 0 Å². The summed E-state index contributed by atoms with van der Waals surface area (Å²) in [5.74, 6) is 0.0211. The standard InChI is InChI=1S/C24H21FN2O2S/c1-17-8-14-22(15-9-17)30(28,29)27-23(18(2)19-10-12-21(25)13-11-19)16-26-24(27)20-6-4-3-5-7-20/h3-15,23H,2,16H2,1H3. The Hall–Kier alpha value is -3.25. The number of amidine groups is 1. The number of sulfonamides is 1. The van der Waals surface area contributed by atoms with Crippen molar-refractivity contribution in [1.29, 1.82) is 0 Å². The molecule has 4 rings (SSSR count). The largest absolute Gasteiger partial charge is 0.266 e. The zero-order valence-corrected chi connectivity index (χ0v) is 17.3. The first-order valence-electron chi connectivity index (χ1n) is 9.53. The van der Waals surface area contributed by atoms with Gasteiger partial charge in [0, 0.05) is 5.56 Å². The summed E-state index contributed by atoms with van der Waals surface area (Å²) in [7, 11) is -3.90. The van der Waals surface area contributed by atoms with Crippen LogP contribution in [0.4, 0.5) is 4.39 Å². The Morgan fingerprint density at radius 1 is 1.00 bits per heavy atom. The predicted molar refractivity (Wildman–Crippen MR) is 117 cm³/mol. The van der Waals surface area contributed by atoms with Gasteiger partial charge in [0.15, 0.2) is 0 Å². The van der Waals surface area contributed by atoms with Crippen LogP contribution in [0, 0.1) is 12.7 Å². The summed E-state index contributed by atoms with van der Waals surface area (Å²) in [5.41, 5.74) is 2.93. The van der Waals surface area contributed by atoms with E-state index in [2.05, 4.69) is 11.6 Å². The SMILES string of the molecule is C=C(c1ccc(F)cc1)C1CN=C(c2ccccc2)N1S(=O)(=O)c1ccc(C)cc1. The monoisotopic (exact) mass is 420 g/mol. The van der Waals surface area contributed by atoms with E-state index in [1.165, 1.54) is 16.4 Å². The Morgan fingerprint density at radius 3 is 2.27 bits per heavy atom. The molecular formula is C24H21FN2O2S. The second-order valence-corrected chi connectivity index (χ2v) is 9.01. The fraction of sp³-hybridized carbons (Fsp3) is 0.125. The normalized spacial score (nSPS) is 16.4. The van der Waals surface area contributed by atoms with E-state index in [4.69, 9.17) is 0 Å². The molecule has 0 aromatic heterocycles. The number of benzene rings is 3. The molecular weight excluding hydrogens is 399 g/mol. The minimum Gasteiger partial charge on any atom is -0.265 e. The highest BCUT2D eigenvalue weighted by Crippen LogP contribution is 2.32. The maximum Gasteiger partial charge on any atom is 0.266 e. The van der Waals surface area contributed by atoms with E-state index in [0.29, 0.717) is 22.5 Å². The first-order valence-corrected chi connectivity index (χ1v) is 11.0. The van der Waals surface area contributed by atoms with Crippen molar-refractivity contribution in [2.24, 2.45) is 4.99 Å². The van der Waals surface area contributed by atoms with Gasteiger partial charge in [0.2, 0.25) is 0 Å². The smallest absolute Gasteiger partial charge is 0.265 e. The van der Waals surface area contributed by atoms with E-state index in [9.17, 15) is 12.8 Å². The molecule has 1 heterocycles. The summed E-state index contributed by atoms with van der Waals surface area (Å²) in [5, 5.41) is 0. The van der Waals surface area contributed by atoms with E-state index in [1.54, 1.807) is 36.4 Å². The molecule has 3 aromatic carbocycles. The number of halogens is 1. The first kappa shape index (κ1) is 20.0. The van der Waals surface area contributed by atoms with Gasteiger partial charge in [-0.1, -0.05) is 66.7 Å². The van der Waals surface area contributed by atoms with Gasteiger partial charge in [-0.2, -0.15) is 0 Å². The molecule has 0 spiro atoms. The number of hydrogen-bond donors (Lipinski definition) is 0. The molecule has 0 aliphatic carbocycles. The molecule has 30 heavy (non-hydrogen) atoms. The molecule has 6 heteroatoms. The van der Waals surface area contributed by atoms with Gasteiger partial charge < -0.3 is 0 Å². The Kier molecular flexibility index (Phi) is 5.26. The number of aliphatic imine (C=N–C) groups is 1. The van der Waals surface area contributed by atoms with Crippen molar-refractivity contribution in [3.63, 3.8) is 0 Å². The topological polar surface area (TPSA) is 49.7 Å². The van der Waals surface area contributed by atoms with Gasteiger partial charge in [-0.15, -0.1) is 0 Å². The summed E-state index contributed by atoms with van der Waals surface area (Å²) in [6, 6.07) is 21.3. The van der Waals surface area contributed by atoms with Crippen molar-refractivity contribution in [3.8, 4) is 0 Å². The zero-order chi connectivity index (χ0) is 21.3. The number of nitrogens with zero attached hydrogens (tertiary/aromatic N) is 2. The van der Waals surface area contributed by atoms with Crippen molar-refractivity contribution < 1.29 is 12.8 Å². The van der Waals surface area contributed by atoms with Gasteiger partial charge in [0.05, 0.1) is 17.5 Å². The highest BCUT2D eigenvalue weighted by Gasteiger charge is 2.40. The van der Waals surface area contributed by atoms with E-state index in [1.807, 2.05) is 37.3 Å². The quantitative estimate of drug-likeness (QED) is 0.602. The van der Waals surface area contributed by atoms with Crippen molar-refractivity contribution in [2.75, 3.05) is 6.54 Å². The average molecular weight is 421 g/mol. The Balaban J connectivity index is 1.80. The fourth-order valence-corrected chi connectivity index (χ4v) is 5.11. The van der Waals surface area contributed by atoms with Gasteiger partial charge in [-0.25, -0.2) is 17.1 Å². The average Bonchev–Trinajstić information content (AvgIpc) is 3.21. The van der Waals surface area contributed by atoms with Crippen LogP contribution in [-0.2, 0) is 10.0 Å². The van der Waals surface area contributed by atoms with Crippen LogP contribution in [-0.4, -0.2) is 31.1 Å². The Morgan fingerprint density at radius 2 is 1.63 bits per heavy atom. The molecule has 0 bridgehead atoms. The van der Waals surface area contributed by atoms with E-state index in [0.717, 1.165) is 5.56 Å². The first-order chi connectivity index (χ1) is 14.4. The number of aryl methyl sites for hydroxylation is 1. The summed E-state index contributed by atoms with van der Waals surface area (Å²) in [6.45, 7) is 6.28. The molecule has 3 aromatic rings. The lowest BCUT2D eigenvalue weighted by Gasteiger charge is -2.29. The molecule has 0 saturated heterocycles. The van der Waals surface area contributed by atoms with Crippen LogP contribution in [0.2, 0.25) is 0 Å². The Labute approximate surface area is 176 Å². The minimum absolute atomic E-state index is 0.190. The number of rotatable bonds is 5. The lowest BCUT2D eigenvalue weighted by Crippen LogP contribution is -2.42. The van der Waals surface area contributed by atoms with Crippen molar-refractivity contribution in [2.45, 2.75) is 17.9 Å². The molecule has 1 aliphatic rings. The molecule has 0 saturated carbocycles. The molecule has 1 atom stereocenters. The lowest BCUT2D eigenvalue weighted by atomic mass is 10.0. The molecule has 0 N–H and O–H groups in total. The third kappa shape index (κ3) is 3.66. The highest BCUT2D eigenvalue weighted by molar-refractivity contribution is 7.89. The van der Waals surface area contributed by atoms with Crippen LogP contribution >= 0.6 is 0 Å². The lowest BCUT2D eigenvalue weighted by molar-refractivity contribution is 0.509. The molecule has 0 fully saturated rings. The minimum atomic E-state index is -3.90. The van der Waals surface area contributed by atoms with Crippen LogP contribution in [0.3, 0.4) is 0 Å². The van der Waals surface area contributed by atoms with Crippen LogP contribution in [0.5, 0.6) is 0 Å². The summed E-state index contributed by atoms with van der Waals surface area (Å²) in [6.07, 6.45) is 0. The highest BCUT2D eigenvalue weighted by atomic mass is 32.2. The van der Waals surface area contributed by atoms with E-state index in [-0.39, 0.29) is 17.3 Å². The van der Waals surface area contributed by atoms with Gasteiger partial charge in [0.25, 0.3) is 10.0 Å². The van der Waals surface area contributed by atoms with Crippen LogP contribution in [0.15, 0.2) is 95.3 Å². The molecule has 0 amide bonds. The van der Waals surface area contributed by atoms with Crippen LogP contribution in [0.1, 0.15) is 16.7 Å². The summed E-state index contributed by atoms with van der Waals surface area (Å²) in [4.78, 5) is 4.76. The second kappa shape index (κ2) is 7.88. The third-order valence-corrected chi connectivity index (χ3v) is 6.95. The summed E-state index contributed by atoms with van der Waals surface area (Å²) < 4.78 is 42.1. The predicted octanol–water partition coefficient (Wildman–Crippen LogP) is 4.67.